The quantitative estimate of drug-likeness (QED) is 0.295. The largest absolute Gasteiger partial charge is 0.382 e. The maximum atomic E-state index is 13.2. The molecule has 0 rings (SSSR count). The lowest BCUT2D eigenvalue weighted by molar-refractivity contribution is 0.00373. The Labute approximate surface area is 111 Å². The van der Waals surface area contributed by atoms with Gasteiger partial charge in [0.15, 0.2) is 0 Å². The van der Waals surface area contributed by atoms with Crippen molar-refractivity contribution in [1.29, 1.82) is 0 Å². The molecule has 0 saturated carbocycles. The fourth-order valence-corrected chi connectivity index (χ4v) is 2.26. The number of rotatable bonds is 13. The summed E-state index contributed by atoms with van der Waals surface area (Å²) in [5.74, 6) is 0. The summed E-state index contributed by atoms with van der Waals surface area (Å²) in [6.07, 6.45) is 0.801. The first-order chi connectivity index (χ1) is 8.56. The topological polar surface area (TPSA) is 36.9 Å². The van der Waals surface area contributed by atoms with Crippen LogP contribution in [0.2, 0.25) is 19.1 Å². The highest BCUT2D eigenvalue weighted by atomic mass is 28.4. The van der Waals surface area contributed by atoms with Gasteiger partial charge in [-0.2, -0.15) is 0 Å². The molecule has 0 spiro atoms. The Bertz CT molecular complexity index is 176. The number of halogens is 1. The van der Waals surface area contributed by atoms with E-state index in [1.54, 1.807) is 20.2 Å². The van der Waals surface area contributed by atoms with Crippen LogP contribution < -0.4 is 0 Å². The van der Waals surface area contributed by atoms with Gasteiger partial charge in [-0.15, -0.1) is 0 Å². The molecule has 0 saturated heterocycles. The number of hydrogen-bond donors (Lipinski definition) is 0. The Morgan fingerprint density at radius 1 is 0.778 bits per heavy atom. The summed E-state index contributed by atoms with van der Waals surface area (Å²) in [6.45, 7) is 7.53. The molecular weight excluding hydrogens is 255 g/mol. The molecule has 0 N–H and O–H groups in total. The fraction of sp³-hybridized carbons (Fsp3) is 1.00. The zero-order valence-corrected chi connectivity index (χ0v) is 12.9. The molecule has 0 atom stereocenters. The van der Waals surface area contributed by atoms with Gasteiger partial charge < -0.3 is 23.1 Å². The summed E-state index contributed by atoms with van der Waals surface area (Å²) in [5, 5.41) is 0. The van der Waals surface area contributed by atoms with Crippen LogP contribution in [0.5, 0.6) is 0 Å². The molecular formula is C12H27FO4Si. The third kappa shape index (κ3) is 16.0. The van der Waals surface area contributed by atoms with Crippen LogP contribution in [-0.2, 0) is 18.9 Å². The van der Waals surface area contributed by atoms with E-state index < -0.39 is 8.41 Å². The molecule has 0 amide bonds. The van der Waals surface area contributed by atoms with E-state index in [2.05, 4.69) is 0 Å². The molecule has 0 aromatic rings. The van der Waals surface area contributed by atoms with Crippen LogP contribution in [0, 0.1) is 0 Å². The van der Waals surface area contributed by atoms with Gasteiger partial charge in [0.1, 0.15) is 0 Å². The molecule has 0 heterocycles. The second kappa shape index (κ2) is 12.0. The van der Waals surface area contributed by atoms with Crippen LogP contribution in [0.15, 0.2) is 0 Å². The molecule has 0 unspecified atom stereocenters. The Kier molecular flexibility index (Phi) is 12.0. The number of ether oxygens (including phenoxy) is 4. The standard InChI is InChI=1S/C12H27FO4Si/c1-14-6-7-16-10-11-17-9-8-15-5-4-12-18(2,3)13/h4-12H2,1-3H3. The van der Waals surface area contributed by atoms with Gasteiger partial charge in [-0.1, -0.05) is 0 Å². The average molecular weight is 282 g/mol. The van der Waals surface area contributed by atoms with E-state index in [-0.39, 0.29) is 0 Å². The van der Waals surface area contributed by atoms with Crippen LogP contribution >= 0.6 is 0 Å². The van der Waals surface area contributed by atoms with Gasteiger partial charge >= 0.3 is 0 Å². The highest BCUT2D eigenvalue weighted by Crippen LogP contribution is 2.12. The first kappa shape index (κ1) is 18.0. The van der Waals surface area contributed by atoms with Crippen molar-refractivity contribution >= 4 is 8.41 Å². The molecule has 0 radical (unpaired) electrons. The van der Waals surface area contributed by atoms with Crippen molar-refractivity contribution in [3.8, 4) is 0 Å². The van der Waals surface area contributed by atoms with Crippen molar-refractivity contribution in [3.05, 3.63) is 0 Å². The van der Waals surface area contributed by atoms with E-state index in [9.17, 15) is 4.11 Å². The van der Waals surface area contributed by atoms with Crippen molar-refractivity contribution in [2.75, 3.05) is 53.4 Å². The monoisotopic (exact) mass is 282 g/mol. The Hall–Kier alpha value is -0.0131. The predicted octanol–water partition coefficient (Wildman–Crippen LogP) is 2.25. The van der Waals surface area contributed by atoms with E-state index >= 15 is 0 Å². The second-order valence-corrected chi connectivity index (χ2v) is 8.59. The molecule has 0 aliphatic rings. The summed E-state index contributed by atoms with van der Waals surface area (Å²) >= 11 is 0. The zero-order valence-electron chi connectivity index (χ0n) is 11.9. The fourth-order valence-electron chi connectivity index (χ4n) is 1.28. The van der Waals surface area contributed by atoms with Gasteiger partial charge in [0.25, 0.3) is 0 Å². The van der Waals surface area contributed by atoms with Gasteiger partial charge in [0, 0.05) is 13.7 Å². The van der Waals surface area contributed by atoms with Crippen LogP contribution in [0.1, 0.15) is 6.42 Å². The molecule has 0 aromatic carbocycles. The van der Waals surface area contributed by atoms with Crippen molar-refractivity contribution in [3.63, 3.8) is 0 Å². The van der Waals surface area contributed by atoms with Gasteiger partial charge in [-0.3, -0.25) is 0 Å². The molecule has 0 aliphatic carbocycles. The first-order valence-corrected chi connectivity index (χ1v) is 9.56. The highest BCUT2D eigenvalue weighted by molar-refractivity contribution is 6.70. The minimum absolute atomic E-state index is 0.560. The van der Waals surface area contributed by atoms with E-state index in [1.807, 2.05) is 0 Å². The maximum absolute atomic E-state index is 13.2. The lowest BCUT2D eigenvalue weighted by Gasteiger charge is -2.10. The van der Waals surface area contributed by atoms with Gasteiger partial charge in [-0.05, 0) is 25.6 Å². The molecule has 110 valence electrons. The van der Waals surface area contributed by atoms with Crippen molar-refractivity contribution in [2.45, 2.75) is 25.6 Å². The lowest BCUT2D eigenvalue weighted by atomic mass is 10.5. The third-order valence-corrected chi connectivity index (χ3v) is 3.78. The highest BCUT2D eigenvalue weighted by Gasteiger charge is 2.18. The maximum Gasteiger partial charge on any atom is 0.241 e. The lowest BCUT2D eigenvalue weighted by Crippen LogP contribution is -2.18. The Morgan fingerprint density at radius 2 is 1.22 bits per heavy atom. The Balaban J connectivity index is 2.99. The molecule has 0 fully saturated rings. The van der Waals surface area contributed by atoms with E-state index in [0.29, 0.717) is 52.3 Å². The van der Waals surface area contributed by atoms with Crippen molar-refractivity contribution in [1.82, 2.24) is 0 Å². The van der Waals surface area contributed by atoms with Crippen molar-refractivity contribution < 1.29 is 23.1 Å². The number of methoxy groups -OCH3 is 1. The van der Waals surface area contributed by atoms with E-state index in [0.717, 1.165) is 6.42 Å². The molecule has 0 aromatic heterocycles. The molecule has 18 heavy (non-hydrogen) atoms. The van der Waals surface area contributed by atoms with Crippen molar-refractivity contribution in [2.24, 2.45) is 0 Å². The molecule has 0 aliphatic heterocycles. The summed E-state index contributed by atoms with van der Waals surface area (Å²) in [6, 6.07) is 0.668. The summed E-state index contributed by atoms with van der Waals surface area (Å²) < 4.78 is 33.9. The van der Waals surface area contributed by atoms with Crippen LogP contribution in [0.4, 0.5) is 4.11 Å². The third-order valence-electron chi connectivity index (χ3n) is 2.24. The van der Waals surface area contributed by atoms with E-state index in [4.69, 9.17) is 18.9 Å². The SMILES string of the molecule is COCCOCCOCCOCCC[Si](C)(C)F. The van der Waals surface area contributed by atoms with Gasteiger partial charge in [0.05, 0.1) is 39.6 Å². The number of hydrogen-bond acceptors (Lipinski definition) is 4. The van der Waals surface area contributed by atoms with Gasteiger partial charge in [0.2, 0.25) is 8.41 Å². The molecule has 4 nitrogen and oxygen atoms in total. The first-order valence-electron chi connectivity index (χ1n) is 6.47. The second-order valence-electron chi connectivity index (χ2n) is 4.65. The van der Waals surface area contributed by atoms with Crippen LogP contribution in [-0.4, -0.2) is 61.8 Å². The molecule has 6 heteroatoms. The summed E-state index contributed by atoms with van der Waals surface area (Å²) in [5.41, 5.74) is 0. The minimum Gasteiger partial charge on any atom is -0.382 e. The minimum atomic E-state index is -2.39. The summed E-state index contributed by atoms with van der Waals surface area (Å²) in [7, 11) is -0.750. The summed E-state index contributed by atoms with van der Waals surface area (Å²) in [4.78, 5) is 0. The normalized spacial score (nSPS) is 12.0. The van der Waals surface area contributed by atoms with Crippen LogP contribution in [0.25, 0.3) is 0 Å². The van der Waals surface area contributed by atoms with Crippen LogP contribution in [0.3, 0.4) is 0 Å². The smallest absolute Gasteiger partial charge is 0.241 e. The Morgan fingerprint density at radius 3 is 1.67 bits per heavy atom. The zero-order chi connectivity index (χ0) is 13.7. The average Bonchev–Trinajstić information content (AvgIpc) is 2.29. The van der Waals surface area contributed by atoms with Gasteiger partial charge in [-0.25, -0.2) is 0 Å². The predicted molar refractivity (Wildman–Crippen MR) is 72.3 cm³/mol. The van der Waals surface area contributed by atoms with E-state index in [1.165, 1.54) is 0 Å². The molecule has 0 bridgehead atoms.